The topological polar surface area (TPSA) is 110 Å². The molecule has 1 aromatic heterocycles. The van der Waals surface area contributed by atoms with Crippen LogP contribution in [0, 0.1) is 6.92 Å². The highest BCUT2D eigenvalue weighted by Gasteiger charge is 2.16. The van der Waals surface area contributed by atoms with Gasteiger partial charge >= 0.3 is 0 Å². The minimum absolute atomic E-state index is 0.0202. The largest absolute Gasteiger partial charge is 0.495 e. The smallest absolute Gasteiger partial charge is 0.272 e. The maximum absolute atomic E-state index is 13.1. The summed E-state index contributed by atoms with van der Waals surface area (Å²) >= 11 is 7.47. The lowest BCUT2D eigenvalue weighted by Gasteiger charge is -2.12. The van der Waals surface area contributed by atoms with Crippen LogP contribution in [0.3, 0.4) is 0 Å². The Morgan fingerprint density at radius 3 is 2.40 bits per heavy atom. The molecule has 0 saturated carbocycles. The van der Waals surface area contributed by atoms with E-state index in [4.69, 9.17) is 20.8 Å². The second-order valence-corrected chi connectivity index (χ2v) is 9.97. The van der Waals surface area contributed by atoms with Crippen molar-refractivity contribution in [3.63, 3.8) is 0 Å². The number of amides is 3. The van der Waals surface area contributed by atoms with E-state index in [1.807, 2.05) is 6.92 Å². The quantitative estimate of drug-likeness (QED) is 0.149. The lowest BCUT2D eigenvalue weighted by atomic mass is 10.2. The number of rotatable bonds is 10. The van der Waals surface area contributed by atoms with E-state index in [1.54, 1.807) is 78.9 Å². The minimum Gasteiger partial charge on any atom is -0.495 e. The fraction of sp³-hybridized carbons (Fsp3) is 0.100. The Bertz CT molecular complexity index is 1520. The van der Waals surface area contributed by atoms with E-state index in [-0.39, 0.29) is 17.4 Å². The first-order chi connectivity index (χ1) is 19.3. The van der Waals surface area contributed by atoms with Crippen molar-refractivity contribution in [1.82, 2.24) is 5.32 Å². The van der Waals surface area contributed by atoms with Crippen molar-refractivity contribution in [2.24, 2.45) is 0 Å². The summed E-state index contributed by atoms with van der Waals surface area (Å²) in [5.41, 5.74) is 2.32. The van der Waals surface area contributed by atoms with Gasteiger partial charge < -0.3 is 25.1 Å². The predicted molar refractivity (Wildman–Crippen MR) is 158 cm³/mol. The van der Waals surface area contributed by atoms with Gasteiger partial charge in [-0.1, -0.05) is 29.8 Å². The van der Waals surface area contributed by atoms with E-state index >= 15 is 0 Å². The minimum atomic E-state index is -0.521. The number of hydrogen-bond acceptors (Lipinski definition) is 6. The lowest BCUT2D eigenvalue weighted by molar-refractivity contribution is -0.114. The predicted octanol–water partition coefficient (Wildman–Crippen LogP) is 6.39. The SMILES string of the molecule is COc1cc(Cl)c(C)cc1NC(=O)CSc1ccc(NC(=O)/C(=C/c2ccco2)NC(=O)c2ccccc2)cc1. The zero-order valence-electron chi connectivity index (χ0n) is 21.7. The van der Waals surface area contributed by atoms with Crippen molar-refractivity contribution in [3.05, 3.63) is 113 Å². The van der Waals surface area contributed by atoms with Gasteiger partial charge in [-0.25, -0.2) is 0 Å². The van der Waals surface area contributed by atoms with Gasteiger partial charge in [0.05, 0.1) is 24.8 Å². The fourth-order valence-electron chi connectivity index (χ4n) is 3.56. The molecule has 0 atom stereocenters. The van der Waals surface area contributed by atoms with Crippen LogP contribution in [0.2, 0.25) is 5.02 Å². The third kappa shape index (κ3) is 7.78. The lowest BCUT2D eigenvalue weighted by Crippen LogP contribution is -2.30. The molecule has 4 rings (SSSR count). The molecular formula is C30H26ClN3O5S. The van der Waals surface area contributed by atoms with Gasteiger partial charge in [0.1, 0.15) is 17.2 Å². The van der Waals surface area contributed by atoms with Crippen molar-refractivity contribution in [1.29, 1.82) is 0 Å². The fourth-order valence-corrected chi connectivity index (χ4v) is 4.41. The first-order valence-corrected chi connectivity index (χ1v) is 13.5. The Hall–Kier alpha value is -4.47. The third-order valence-corrected chi connectivity index (χ3v) is 7.01. The van der Waals surface area contributed by atoms with E-state index in [1.165, 1.54) is 31.2 Å². The Morgan fingerprint density at radius 1 is 0.975 bits per heavy atom. The monoisotopic (exact) mass is 575 g/mol. The number of hydrogen-bond donors (Lipinski definition) is 3. The van der Waals surface area contributed by atoms with Gasteiger partial charge in [0, 0.05) is 33.3 Å². The maximum Gasteiger partial charge on any atom is 0.272 e. The Labute approximate surface area is 240 Å². The molecule has 8 nitrogen and oxygen atoms in total. The molecule has 0 saturated heterocycles. The number of ether oxygens (including phenoxy) is 1. The number of aryl methyl sites for hydroxylation is 1. The normalized spacial score (nSPS) is 11.0. The zero-order valence-corrected chi connectivity index (χ0v) is 23.3. The Kier molecular flexibility index (Phi) is 9.66. The first kappa shape index (κ1) is 28.5. The number of halogens is 1. The van der Waals surface area contributed by atoms with Gasteiger partial charge in [-0.15, -0.1) is 11.8 Å². The summed E-state index contributed by atoms with van der Waals surface area (Å²) in [6.45, 7) is 1.85. The van der Waals surface area contributed by atoms with Crippen LogP contribution in [0.15, 0.2) is 100 Å². The van der Waals surface area contributed by atoms with Gasteiger partial charge in [-0.2, -0.15) is 0 Å². The average Bonchev–Trinajstić information content (AvgIpc) is 3.48. The molecule has 4 aromatic rings. The summed E-state index contributed by atoms with van der Waals surface area (Å²) in [6, 6.07) is 22.4. The molecule has 1 heterocycles. The molecule has 3 aromatic carbocycles. The van der Waals surface area contributed by atoms with Crippen molar-refractivity contribution in [3.8, 4) is 5.75 Å². The van der Waals surface area contributed by atoms with Crippen LogP contribution in [0.4, 0.5) is 11.4 Å². The van der Waals surface area contributed by atoms with Gasteiger partial charge in [-0.3, -0.25) is 14.4 Å². The summed E-state index contributed by atoms with van der Waals surface area (Å²) in [7, 11) is 1.51. The number of benzene rings is 3. The molecule has 0 radical (unpaired) electrons. The summed E-state index contributed by atoms with van der Waals surface area (Å²) in [6.07, 6.45) is 2.93. The number of anilines is 2. The van der Waals surface area contributed by atoms with Crippen molar-refractivity contribution >= 4 is 58.5 Å². The molecule has 40 heavy (non-hydrogen) atoms. The van der Waals surface area contributed by atoms with Crippen LogP contribution < -0.4 is 20.7 Å². The summed E-state index contributed by atoms with van der Waals surface area (Å²) in [5.74, 6) is -0.0933. The number of thioether (sulfide) groups is 1. The van der Waals surface area contributed by atoms with E-state index in [0.29, 0.717) is 33.5 Å². The van der Waals surface area contributed by atoms with Crippen LogP contribution in [0.1, 0.15) is 21.7 Å². The summed E-state index contributed by atoms with van der Waals surface area (Å²) in [4.78, 5) is 39.1. The second-order valence-electron chi connectivity index (χ2n) is 8.51. The Morgan fingerprint density at radius 2 is 1.73 bits per heavy atom. The van der Waals surface area contributed by atoms with E-state index in [2.05, 4.69) is 16.0 Å². The summed E-state index contributed by atoms with van der Waals surface area (Å²) < 4.78 is 10.6. The van der Waals surface area contributed by atoms with Gasteiger partial charge in [0.15, 0.2) is 0 Å². The number of carbonyl (C=O) groups excluding carboxylic acids is 3. The molecule has 0 bridgehead atoms. The van der Waals surface area contributed by atoms with Crippen LogP contribution in [0.25, 0.3) is 6.08 Å². The van der Waals surface area contributed by atoms with Gasteiger partial charge in [0.25, 0.3) is 11.8 Å². The highest BCUT2D eigenvalue weighted by Crippen LogP contribution is 2.31. The Balaban J connectivity index is 1.37. The highest BCUT2D eigenvalue weighted by atomic mass is 35.5. The second kappa shape index (κ2) is 13.5. The molecule has 0 aliphatic heterocycles. The molecule has 0 spiro atoms. The first-order valence-electron chi connectivity index (χ1n) is 12.1. The highest BCUT2D eigenvalue weighted by molar-refractivity contribution is 8.00. The van der Waals surface area contributed by atoms with E-state index in [0.717, 1.165) is 10.5 Å². The molecule has 10 heteroatoms. The van der Waals surface area contributed by atoms with Crippen LogP contribution in [0.5, 0.6) is 5.75 Å². The molecule has 204 valence electrons. The van der Waals surface area contributed by atoms with Gasteiger partial charge in [0.2, 0.25) is 5.91 Å². The zero-order chi connectivity index (χ0) is 28.5. The molecule has 0 aliphatic carbocycles. The third-order valence-electron chi connectivity index (χ3n) is 5.60. The molecule has 3 amide bonds. The van der Waals surface area contributed by atoms with E-state index in [9.17, 15) is 14.4 Å². The van der Waals surface area contributed by atoms with Crippen LogP contribution in [-0.4, -0.2) is 30.6 Å². The average molecular weight is 576 g/mol. The maximum atomic E-state index is 13.1. The van der Waals surface area contributed by atoms with Crippen molar-refractivity contribution < 1.29 is 23.5 Å². The summed E-state index contributed by atoms with van der Waals surface area (Å²) in [5, 5.41) is 8.84. The number of furan rings is 1. The molecule has 0 unspecified atom stereocenters. The van der Waals surface area contributed by atoms with Crippen molar-refractivity contribution in [2.75, 3.05) is 23.5 Å². The molecular weight excluding hydrogens is 550 g/mol. The van der Waals surface area contributed by atoms with Crippen LogP contribution in [-0.2, 0) is 9.59 Å². The molecule has 3 N–H and O–H groups in total. The number of nitrogens with one attached hydrogen (secondary N) is 3. The molecule has 0 aliphatic rings. The van der Waals surface area contributed by atoms with Gasteiger partial charge in [-0.05, 0) is 67.1 Å². The van der Waals surface area contributed by atoms with Crippen molar-refractivity contribution in [2.45, 2.75) is 11.8 Å². The number of methoxy groups -OCH3 is 1. The standard InChI is InChI=1S/C30H26ClN3O5S/c1-19-15-25(27(38-2)17-24(19)31)33-28(35)18-40-23-12-10-21(11-13-23)32-30(37)26(16-22-9-6-14-39-22)34-29(36)20-7-4-3-5-8-20/h3-17H,18H2,1-2H3,(H,32,37)(H,33,35)(H,34,36)/b26-16-. The molecule has 0 fully saturated rings. The van der Waals surface area contributed by atoms with E-state index < -0.39 is 11.8 Å². The van der Waals surface area contributed by atoms with Crippen LogP contribution >= 0.6 is 23.4 Å². The number of carbonyl (C=O) groups is 3.